The van der Waals surface area contributed by atoms with Gasteiger partial charge in [-0.2, -0.15) is 12.6 Å². The van der Waals surface area contributed by atoms with E-state index in [-0.39, 0.29) is 25.0 Å². The minimum absolute atomic E-state index is 0.0174. The fourth-order valence-corrected chi connectivity index (χ4v) is 2.87. The van der Waals surface area contributed by atoms with Crippen molar-refractivity contribution in [2.75, 3.05) is 12.3 Å². The van der Waals surface area contributed by atoms with Crippen LogP contribution in [0.4, 0.5) is 0 Å². The Bertz CT molecular complexity index is 722. The molecular weight excluding hydrogens is 458 g/mol. The highest BCUT2D eigenvalue weighted by Crippen LogP contribution is 2.04. The van der Waals surface area contributed by atoms with Gasteiger partial charge < -0.3 is 44.0 Å². The lowest BCUT2D eigenvalue weighted by atomic mass is 10.1. The Labute approximate surface area is 196 Å². The molecule has 12 N–H and O–H groups in total. The molecule has 14 nitrogen and oxygen atoms in total. The molecule has 0 aromatic heterocycles. The number of carbonyl (C=O) groups excluding carboxylic acids is 5. The molecule has 0 saturated heterocycles. The van der Waals surface area contributed by atoms with Gasteiger partial charge >= 0.3 is 5.97 Å². The second-order valence-electron chi connectivity index (χ2n) is 7.27. The third kappa shape index (κ3) is 12.6. The van der Waals surface area contributed by atoms with Gasteiger partial charge in [-0.05, 0) is 32.2 Å². The van der Waals surface area contributed by atoms with Gasteiger partial charge in [0.15, 0.2) is 0 Å². The van der Waals surface area contributed by atoms with E-state index in [9.17, 15) is 28.8 Å². The molecule has 188 valence electrons. The average Bonchev–Trinajstić information content (AvgIpc) is 2.73. The molecule has 0 spiro atoms. The molecule has 15 heteroatoms. The SMILES string of the molecule is NCCCCC(NC(=O)C(N)CCC(N)=O)C(=O)NC(CS)C(=O)NC(CC(N)=O)C(=O)O. The summed E-state index contributed by atoms with van der Waals surface area (Å²) < 4.78 is 0. The van der Waals surface area contributed by atoms with Crippen molar-refractivity contribution in [3.05, 3.63) is 0 Å². The zero-order valence-electron chi connectivity index (χ0n) is 18.1. The number of amides is 5. The van der Waals surface area contributed by atoms with E-state index in [0.717, 1.165) is 0 Å². The number of unbranched alkanes of at least 4 members (excludes halogenated alkanes) is 1. The number of nitrogens with one attached hydrogen (secondary N) is 3. The van der Waals surface area contributed by atoms with E-state index in [0.29, 0.717) is 19.4 Å². The number of nitrogens with two attached hydrogens (primary N) is 4. The molecular formula is C18H33N7O7S. The number of hydrogen-bond acceptors (Lipinski definition) is 9. The lowest BCUT2D eigenvalue weighted by molar-refractivity contribution is -0.143. The van der Waals surface area contributed by atoms with E-state index < -0.39 is 66.1 Å². The van der Waals surface area contributed by atoms with Gasteiger partial charge in [0.25, 0.3) is 0 Å². The van der Waals surface area contributed by atoms with Gasteiger partial charge in [-0.15, -0.1) is 0 Å². The van der Waals surface area contributed by atoms with Gasteiger partial charge in [-0.3, -0.25) is 24.0 Å². The molecule has 0 radical (unpaired) electrons. The number of thiol groups is 1. The first-order chi connectivity index (χ1) is 15.4. The molecule has 0 aliphatic carbocycles. The van der Waals surface area contributed by atoms with Crippen LogP contribution in [0.1, 0.15) is 38.5 Å². The van der Waals surface area contributed by atoms with Gasteiger partial charge in [-0.25, -0.2) is 4.79 Å². The third-order valence-electron chi connectivity index (χ3n) is 4.45. The zero-order chi connectivity index (χ0) is 25.6. The molecule has 4 atom stereocenters. The Hall–Kier alpha value is -2.91. The van der Waals surface area contributed by atoms with E-state index in [1.54, 1.807) is 0 Å². The molecule has 0 bridgehead atoms. The molecule has 5 amide bonds. The molecule has 33 heavy (non-hydrogen) atoms. The first kappa shape index (κ1) is 30.1. The summed E-state index contributed by atoms with van der Waals surface area (Å²) in [5.74, 6) is -5.59. The molecule has 4 unspecified atom stereocenters. The van der Waals surface area contributed by atoms with E-state index >= 15 is 0 Å². The molecule has 0 fully saturated rings. The van der Waals surface area contributed by atoms with Crippen LogP contribution in [0.5, 0.6) is 0 Å². The van der Waals surface area contributed by atoms with Crippen molar-refractivity contribution in [3.8, 4) is 0 Å². The van der Waals surface area contributed by atoms with Crippen LogP contribution in [0.25, 0.3) is 0 Å². The van der Waals surface area contributed by atoms with Gasteiger partial charge in [0.2, 0.25) is 29.5 Å². The Balaban J connectivity index is 5.25. The second-order valence-corrected chi connectivity index (χ2v) is 7.64. The highest BCUT2D eigenvalue weighted by molar-refractivity contribution is 7.80. The summed E-state index contributed by atoms with van der Waals surface area (Å²) >= 11 is 3.99. The van der Waals surface area contributed by atoms with Gasteiger partial charge in [0, 0.05) is 12.2 Å². The summed E-state index contributed by atoms with van der Waals surface area (Å²) in [6, 6.07) is -5.03. The standard InChI is InChI=1S/C18H33N7O7S/c19-6-2-1-3-10(23-15(28)9(20)4-5-13(21)26)16(29)25-12(8-33)17(30)24-11(18(31)32)7-14(22)27/h9-12,33H,1-8,19-20H2,(H2,21,26)(H2,22,27)(H,23,28)(H,24,30)(H,25,29)(H,31,32). The number of primary amides is 2. The molecule has 0 rings (SSSR count). The Morgan fingerprint density at radius 3 is 1.82 bits per heavy atom. The van der Waals surface area contributed by atoms with Crippen molar-refractivity contribution in [3.63, 3.8) is 0 Å². The number of rotatable bonds is 17. The van der Waals surface area contributed by atoms with Crippen LogP contribution < -0.4 is 38.9 Å². The maximum absolute atomic E-state index is 12.8. The predicted octanol–water partition coefficient (Wildman–Crippen LogP) is -3.95. The lowest BCUT2D eigenvalue weighted by Crippen LogP contribution is -2.57. The molecule has 0 aromatic rings. The number of aliphatic carboxylic acids is 1. The minimum Gasteiger partial charge on any atom is -0.480 e. The van der Waals surface area contributed by atoms with E-state index in [2.05, 4.69) is 28.6 Å². The highest BCUT2D eigenvalue weighted by Gasteiger charge is 2.30. The average molecular weight is 492 g/mol. The fourth-order valence-electron chi connectivity index (χ4n) is 2.61. The number of carbonyl (C=O) groups is 6. The Kier molecular flexibility index (Phi) is 14.4. The number of carboxylic acids is 1. The summed E-state index contributed by atoms with van der Waals surface area (Å²) in [5.41, 5.74) is 21.2. The second kappa shape index (κ2) is 15.8. The molecule has 0 aromatic carbocycles. The van der Waals surface area contributed by atoms with Crippen molar-refractivity contribution < 1.29 is 33.9 Å². The van der Waals surface area contributed by atoms with Crippen LogP contribution in [-0.2, 0) is 28.8 Å². The molecule has 0 aliphatic heterocycles. The summed E-state index contributed by atoms with van der Waals surface area (Å²) in [5, 5.41) is 16.1. The van der Waals surface area contributed by atoms with Crippen LogP contribution in [0.3, 0.4) is 0 Å². The summed E-state index contributed by atoms with van der Waals surface area (Å²) in [6.07, 6.45) is 0.444. The first-order valence-corrected chi connectivity index (χ1v) is 10.8. The highest BCUT2D eigenvalue weighted by atomic mass is 32.1. The van der Waals surface area contributed by atoms with Crippen LogP contribution in [0, 0.1) is 0 Å². The maximum Gasteiger partial charge on any atom is 0.326 e. The largest absolute Gasteiger partial charge is 0.480 e. The zero-order valence-corrected chi connectivity index (χ0v) is 19.0. The predicted molar refractivity (Wildman–Crippen MR) is 120 cm³/mol. The Morgan fingerprint density at radius 1 is 0.788 bits per heavy atom. The fraction of sp³-hybridized carbons (Fsp3) is 0.667. The van der Waals surface area contributed by atoms with Gasteiger partial charge in [0.1, 0.15) is 18.1 Å². The lowest BCUT2D eigenvalue weighted by Gasteiger charge is -2.24. The maximum atomic E-state index is 12.8. The van der Waals surface area contributed by atoms with Crippen LogP contribution >= 0.6 is 12.6 Å². The van der Waals surface area contributed by atoms with Gasteiger partial charge in [0.05, 0.1) is 12.5 Å². The molecule has 0 heterocycles. The Morgan fingerprint density at radius 2 is 1.33 bits per heavy atom. The summed E-state index contributed by atoms with van der Waals surface area (Å²) in [6.45, 7) is 0.360. The minimum atomic E-state index is -1.59. The number of hydrogen-bond donors (Lipinski definition) is 9. The normalized spacial score (nSPS) is 14.3. The van der Waals surface area contributed by atoms with Crippen molar-refractivity contribution in [2.24, 2.45) is 22.9 Å². The van der Waals surface area contributed by atoms with Crippen LogP contribution in [-0.4, -0.2) is 77.1 Å². The van der Waals surface area contributed by atoms with Crippen molar-refractivity contribution >= 4 is 48.1 Å². The van der Waals surface area contributed by atoms with Crippen LogP contribution in [0.15, 0.2) is 0 Å². The molecule has 0 saturated carbocycles. The van der Waals surface area contributed by atoms with Crippen molar-refractivity contribution in [1.82, 2.24) is 16.0 Å². The third-order valence-corrected chi connectivity index (χ3v) is 4.82. The van der Waals surface area contributed by atoms with Crippen molar-refractivity contribution in [2.45, 2.75) is 62.7 Å². The van der Waals surface area contributed by atoms with Crippen LogP contribution in [0.2, 0.25) is 0 Å². The van der Waals surface area contributed by atoms with Gasteiger partial charge in [-0.1, -0.05) is 0 Å². The summed E-state index contributed by atoms with van der Waals surface area (Å²) in [4.78, 5) is 70.6. The monoisotopic (exact) mass is 491 g/mol. The first-order valence-electron chi connectivity index (χ1n) is 10.2. The van der Waals surface area contributed by atoms with Crippen molar-refractivity contribution in [1.29, 1.82) is 0 Å². The quantitative estimate of drug-likeness (QED) is 0.0708. The molecule has 0 aliphatic rings. The smallest absolute Gasteiger partial charge is 0.326 e. The van der Waals surface area contributed by atoms with E-state index in [1.807, 2.05) is 0 Å². The number of carboxylic acid groups (broad SMARTS) is 1. The summed E-state index contributed by atoms with van der Waals surface area (Å²) in [7, 11) is 0. The topological polar surface area (TPSA) is 263 Å². The van der Waals surface area contributed by atoms with E-state index in [1.165, 1.54) is 0 Å². The van der Waals surface area contributed by atoms with E-state index in [4.69, 9.17) is 28.0 Å².